The minimum absolute atomic E-state index is 0.269. The Morgan fingerprint density at radius 3 is 3.00 bits per heavy atom. The first-order valence-corrected chi connectivity index (χ1v) is 4.19. The largest absolute Gasteiger partial charge is 0.370 e. The van der Waals surface area contributed by atoms with Gasteiger partial charge in [-0.25, -0.2) is 4.79 Å². The number of hydrogen-bond donors (Lipinski definition) is 3. The summed E-state index contributed by atoms with van der Waals surface area (Å²) in [4.78, 5) is 14.1. The van der Waals surface area contributed by atoms with Gasteiger partial charge < -0.3 is 16.8 Å². The van der Waals surface area contributed by atoms with E-state index in [0.717, 1.165) is 0 Å². The van der Waals surface area contributed by atoms with E-state index in [9.17, 15) is 4.79 Å². The molecular formula is C5H8N6OS. The Bertz CT molecular complexity index is 303. The molecule has 5 N–H and O–H groups in total. The summed E-state index contributed by atoms with van der Waals surface area (Å²) in [6.45, 7) is 0.278. The zero-order valence-electron chi connectivity index (χ0n) is 6.60. The molecule has 0 unspecified atom stereocenters. The van der Waals surface area contributed by atoms with Crippen molar-refractivity contribution in [1.29, 1.82) is 0 Å². The van der Waals surface area contributed by atoms with Crippen LogP contribution in [0, 0.1) is 0 Å². The maximum absolute atomic E-state index is 10.8. The number of aromatic nitrogens is 2. The van der Waals surface area contributed by atoms with Gasteiger partial charge in [-0.2, -0.15) is 4.99 Å². The molecule has 0 aliphatic rings. The van der Waals surface area contributed by atoms with E-state index in [1.54, 1.807) is 5.51 Å². The Kier molecular flexibility index (Phi) is 3.15. The van der Waals surface area contributed by atoms with Crippen LogP contribution in [0.25, 0.3) is 0 Å². The fourth-order valence-electron chi connectivity index (χ4n) is 0.581. The fraction of sp³-hybridized carbons (Fsp3) is 0.200. The van der Waals surface area contributed by atoms with Crippen molar-refractivity contribution in [3.63, 3.8) is 0 Å². The van der Waals surface area contributed by atoms with Crippen LogP contribution in [0.15, 0.2) is 10.5 Å². The van der Waals surface area contributed by atoms with Crippen molar-refractivity contribution in [3.8, 4) is 0 Å². The number of guanidine groups is 1. The molecule has 0 radical (unpaired) electrons. The number of hydrogen-bond acceptors (Lipinski definition) is 4. The maximum Gasteiger partial charge on any atom is 0.344 e. The van der Waals surface area contributed by atoms with E-state index in [1.807, 2.05) is 0 Å². The van der Waals surface area contributed by atoms with Crippen molar-refractivity contribution in [2.45, 2.75) is 6.54 Å². The number of amides is 2. The number of urea groups is 1. The molecule has 1 aromatic heterocycles. The molecule has 0 aromatic carbocycles. The molecule has 1 rings (SSSR count). The monoisotopic (exact) mass is 200 g/mol. The predicted molar refractivity (Wildman–Crippen MR) is 48.0 cm³/mol. The molecule has 0 fully saturated rings. The summed E-state index contributed by atoms with van der Waals surface area (Å²) in [6.07, 6.45) is 0. The summed E-state index contributed by atoms with van der Waals surface area (Å²) in [6, 6.07) is -0.588. The predicted octanol–water partition coefficient (Wildman–Crippen LogP) is -0.979. The summed E-state index contributed by atoms with van der Waals surface area (Å²) in [5.74, 6) is -0.269. The van der Waals surface area contributed by atoms with Gasteiger partial charge in [0.2, 0.25) is 0 Å². The molecule has 7 nitrogen and oxygen atoms in total. The molecule has 0 saturated heterocycles. The van der Waals surface area contributed by atoms with Crippen LogP contribution in [0.5, 0.6) is 0 Å². The Labute approximate surface area is 77.9 Å². The Hall–Kier alpha value is -1.70. The molecule has 8 heteroatoms. The van der Waals surface area contributed by atoms with Gasteiger partial charge in [-0.15, -0.1) is 21.5 Å². The molecule has 0 spiro atoms. The first-order chi connectivity index (χ1) is 6.18. The quantitative estimate of drug-likeness (QED) is 0.418. The summed E-state index contributed by atoms with van der Waals surface area (Å²) in [7, 11) is 0. The van der Waals surface area contributed by atoms with Crippen LogP contribution in [0.4, 0.5) is 4.79 Å². The zero-order chi connectivity index (χ0) is 9.68. The van der Waals surface area contributed by atoms with Crippen LogP contribution >= 0.6 is 11.3 Å². The highest BCUT2D eigenvalue weighted by Crippen LogP contribution is 1.99. The van der Waals surface area contributed by atoms with E-state index < -0.39 is 6.03 Å². The second kappa shape index (κ2) is 4.36. The summed E-state index contributed by atoms with van der Waals surface area (Å²) in [5.41, 5.74) is 11.5. The molecular weight excluding hydrogens is 192 g/mol. The molecule has 2 amide bonds. The lowest BCUT2D eigenvalue weighted by atomic mass is 10.7. The number of nitrogens with one attached hydrogen (secondary N) is 1. The Morgan fingerprint density at radius 1 is 1.69 bits per heavy atom. The minimum atomic E-state index is -0.588. The lowest BCUT2D eigenvalue weighted by Gasteiger charge is -1.96. The average Bonchev–Trinajstić information content (AvgIpc) is 2.51. The number of nitrogens with two attached hydrogens (primary N) is 2. The number of carbonyl (C=O) groups excluding carboxylic acids is 1. The molecule has 0 bridgehead atoms. The third-order valence-electron chi connectivity index (χ3n) is 1.03. The summed E-state index contributed by atoms with van der Waals surface area (Å²) < 4.78 is 0. The minimum Gasteiger partial charge on any atom is -0.370 e. The van der Waals surface area contributed by atoms with E-state index in [1.165, 1.54) is 11.3 Å². The Morgan fingerprint density at radius 2 is 2.46 bits per heavy atom. The van der Waals surface area contributed by atoms with Gasteiger partial charge in [-0.05, 0) is 0 Å². The third-order valence-corrected chi connectivity index (χ3v) is 1.72. The first-order valence-electron chi connectivity index (χ1n) is 3.31. The van der Waals surface area contributed by atoms with Crippen molar-refractivity contribution in [3.05, 3.63) is 10.5 Å². The zero-order valence-corrected chi connectivity index (χ0v) is 7.41. The van der Waals surface area contributed by atoms with E-state index >= 15 is 0 Å². The van der Waals surface area contributed by atoms with Crippen LogP contribution in [0.1, 0.15) is 5.01 Å². The van der Waals surface area contributed by atoms with Crippen LogP contribution in [0.3, 0.4) is 0 Å². The van der Waals surface area contributed by atoms with Gasteiger partial charge >= 0.3 is 6.03 Å². The van der Waals surface area contributed by atoms with Gasteiger partial charge in [0.15, 0.2) is 5.96 Å². The van der Waals surface area contributed by atoms with Crippen LogP contribution in [-0.2, 0) is 6.54 Å². The topological polar surface area (TPSA) is 119 Å². The fourth-order valence-corrected chi connectivity index (χ4v) is 1.05. The molecule has 1 heterocycles. The molecule has 1 aromatic rings. The van der Waals surface area contributed by atoms with E-state index in [-0.39, 0.29) is 12.5 Å². The normalized spacial score (nSPS) is 9.23. The highest BCUT2D eigenvalue weighted by Gasteiger charge is 2.00. The number of aliphatic imine (C=N–C) groups is 1. The van der Waals surface area contributed by atoms with Gasteiger partial charge in [0.1, 0.15) is 10.5 Å². The number of rotatable bonds is 2. The second-order valence-corrected chi connectivity index (χ2v) is 2.95. The number of carbonyl (C=O) groups is 1. The van der Waals surface area contributed by atoms with E-state index in [4.69, 9.17) is 11.5 Å². The summed E-state index contributed by atoms with van der Waals surface area (Å²) in [5, 5.41) is 10.4. The van der Waals surface area contributed by atoms with Gasteiger partial charge in [0.05, 0.1) is 6.54 Å². The lowest BCUT2D eigenvalue weighted by Crippen LogP contribution is -2.28. The lowest BCUT2D eigenvalue weighted by molar-refractivity contribution is 0.249. The summed E-state index contributed by atoms with van der Waals surface area (Å²) >= 11 is 1.34. The molecule has 0 atom stereocenters. The maximum atomic E-state index is 10.8. The highest BCUT2D eigenvalue weighted by atomic mass is 32.1. The SMILES string of the molecule is NC(N)=NC(=O)NCc1nncs1. The first kappa shape index (κ1) is 9.39. The molecule has 0 aliphatic heterocycles. The van der Waals surface area contributed by atoms with Crippen LogP contribution < -0.4 is 16.8 Å². The average molecular weight is 200 g/mol. The molecule has 70 valence electrons. The van der Waals surface area contributed by atoms with Crippen molar-refractivity contribution in [2.75, 3.05) is 0 Å². The Balaban J connectivity index is 2.35. The smallest absolute Gasteiger partial charge is 0.344 e. The van der Waals surface area contributed by atoms with Gasteiger partial charge in [0.25, 0.3) is 0 Å². The van der Waals surface area contributed by atoms with Crippen LogP contribution in [0.2, 0.25) is 0 Å². The van der Waals surface area contributed by atoms with Gasteiger partial charge in [-0.3, -0.25) is 0 Å². The van der Waals surface area contributed by atoms with E-state index in [2.05, 4.69) is 20.5 Å². The second-order valence-electron chi connectivity index (χ2n) is 2.03. The van der Waals surface area contributed by atoms with Gasteiger partial charge in [-0.1, -0.05) is 0 Å². The highest BCUT2D eigenvalue weighted by molar-refractivity contribution is 7.09. The third kappa shape index (κ3) is 3.47. The molecule has 0 saturated carbocycles. The van der Waals surface area contributed by atoms with Crippen molar-refractivity contribution in [1.82, 2.24) is 15.5 Å². The van der Waals surface area contributed by atoms with Gasteiger partial charge in [0, 0.05) is 0 Å². The standard InChI is InChI=1S/C5H8N6OS/c6-4(7)10-5(12)8-1-3-11-9-2-13-3/h2H,1H2,(H5,6,7,8,10,12). The van der Waals surface area contributed by atoms with Crippen molar-refractivity contribution in [2.24, 2.45) is 16.5 Å². The van der Waals surface area contributed by atoms with Crippen molar-refractivity contribution < 1.29 is 4.79 Å². The molecule has 13 heavy (non-hydrogen) atoms. The van der Waals surface area contributed by atoms with Crippen LogP contribution in [-0.4, -0.2) is 22.2 Å². The van der Waals surface area contributed by atoms with E-state index in [0.29, 0.717) is 5.01 Å². The van der Waals surface area contributed by atoms with Crippen molar-refractivity contribution >= 4 is 23.3 Å². The molecule has 0 aliphatic carbocycles. The number of nitrogens with zero attached hydrogens (tertiary/aromatic N) is 3.